The number of carbonyl (C=O) groups is 1. The number of nitrogens with zero attached hydrogens (tertiary/aromatic N) is 2. The van der Waals surface area contributed by atoms with Gasteiger partial charge in [0.1, 0.15) is 18.2 Å². The van der Waals surface area contributed by atoms with Gasteiger partial charge in [0.25, 0.3) is 5.91 Å². The molecule has 174 valence electrons. The molecule has 12 heteroatoms. The monoisotopic (exact) mass is 463 g/mol. The molecule has 3 aromatic rings. The molecule has 0 spiro atoms. The van der Waals surface area contributed by atoms with E-state index in [0.717, 1.165) is 12.1 Å². The van der Waals surface area contributed by atoms with Crippen LogP contribution in [0.3, 0.4) is 0 Å². The normalized spacial score (nSPS) is 11.2. The van der Waals surface area contributed by atoms with Gasteiger partial charge in [-0.05, 0) is 35.9 Å². The van der Waals surface area contributed by atoms with Crippen molar-refractivity contribution in [3.05, 3.63) is 54.1 Å². The Kier molecular flexibility index (Phi) is 7.18. The van der Waals surface area contributed by atoms with Crippen molar-refractivity contribution < 1.29 is 32.2 Å². The van der Waals surface area contributed by atoms with E-state index in [1.807, 2.05) is 0 Å². The van der Waals surface area contributed by atoms with Crippen molar-refractivity contribution in [3.63, 3.8) is 0 Å². The second-order valence-electron chi connectivity index (χ2n) is 6.60. The largest absolute Gasteiger partial charge is 0.573 e. The molecule has 3 rings (SSSR count). The number of carbonyl (C=O) groups excluding carboxylic acids is 1. The highest BCUT2D eigenvalue weighted by Crippen LogP contribution is 2.34. The van der Waals surface area contributed by atoms with Crippen molar-refractivity contribution >= 4 is 23.4 Å². The van der Waals surface area contributed by atoms with Crippen LogP contribution in [0.25, 0.3) is 11.1 Å². The van der Waals surface area contributed by atoms with E-state index in [4.69, 9.17) is 20.9 Å². The third-order valence-corrected chi connectivity index (χ3v) is 4.21. The number of alkyl halides is 3. The van der Waals surface area contributed by atoms with Gasteiger partial charge >= 0.3 is 6.36 Å². The van der Waals surface area contributed by atoms with E-state index >= 15 is 0 Å². The molecule has 0 saturated heterocycles. The van der Waals surface area contributed by atoms with Crippen LogP contribution in [-0.4, -0.2) is 42.6 Å². The lowest BCUT2D eigenvalue weighted by Crippen LogP contribution is -2.18. The zero-order valence-corrected chi connectivity index (χ0v) is 17.3. The Labute approximate surface area is 186 Å². The summed E-state index contributed by atoms with van der Waals surface area (Å²) in [7, 11) is 1.53. The summed E-state index contributed by atoms with van der Waals surface area (Å²) in [6.45, 7) is 0.536. The van der Waals surface area contributed by atoms with Crippen LogP contribution >= 0.6 is 0 Å². The lowest BCUT2D eigenvalue weighted by atomic mass is 10.1. The number of ether oxygens (including phenoxy) is 3. The number of halogens is 3. The summed E-state index contributed by atoms with van der Waals surface area (Å²) in [5, 5.41) is 2.60. The van der Waals surface area contributed by atoms with E-state index in [1.165, 1.54) is 19.2 Å². The minimum Gasteiger partial charge on any atom is -0.475 e. The number of nitrogens with one attached hydrogen (secondary N) is 1. The minimum absolute atomic E-state index is 0.00849. The third kappa shape index (κ3) is 6.46. The van der Waals surface area contributed by atoms with Gasteiger partial charge in [-0.3, -0.25) is 4.79 Å². The summed E-state index contributed by atoms with van der Waals surface area (Å²) in [6.07, 6.45) is -4.86. The Morgan fingerprint density at radius 3 is 2.45 bits per heavy atom. The molecule has 0 aliphatic carbocycles. The number of rotatable bonds is 8. The Morgan fingerprint density at radius 2 is 1.79 bits per heavy atom. The van der Waals surface area contributed by atoms with Crippen LogP contribution in [0.1, 0.15) is 10.4 Å². The number of hydrogen-bond donors (Lipinski definition) is 3. The van der Waals surface area contributed by atoms with Gasteiger partial charge in [-0.15, -0.1) is 13.2 Å². The van der Waals surface area contributed by atoms with E-state index in [1.54, 1.807) is 24.3 Å². The fourth-order valence-corrected chi connectivity index (χ4v) is 2.83. The summed E-state index contributed by atoms with van der Waals surface area (Å²) >= 11 is 0. The molecular weight excluding hydrogens is 443 g/mol. The number of anilines is 3. The summed E-state index contributed by atoms with van der Waals surface area (Å²) in [4.78, 5) is 20.5. The molecule has 0 unspecified atom stereocenters. The number of hydrogen-bond acceptors (Lipinski definition) is 8. The maximum Gasteiger partial charge on any atom is 0.573 e. The van der Waals surface area contributed by atoms with Crippen molar-refractivity contribution in [2.45, 2.75) is 6.36 Å². The van der Waals surface area contributed by atoms with Gasteiger partial charge in [-0.2, -0.15) is 9.97 Å². The smallest absolute Gasteiger partial charge is 0.475 e. The van der Waals surface area contributed by atoms with E-state index < -0.39 is 18.0 Å². The predicted octanol–water partition coefficient (Wildman–Crippen LogP) is 3.48. The zero-order valence-electron chi connectivity index (χ0n) is 17.3. The molecule has 1 heterocycles. The quantitative estimate of drug-likeness (QED) is 0.432. The number of nitrogen functional groups attached to an aromatic ring is 2. The number of aromatic nitrogens is 2. The molecule has 0 radical (unpaired) electrons. The summed E-state index contributed by atoms with van der Waals surface area (Å²) < 4.78 is 51.6. The number of methoxy groups -OCH3 is 1. The molecule has 5 N–H and O–H groups in total. The number of benzene rings is 2. The molecule has 2 aromatic carbocycles. The van der Waals surface area contributed by atoms with Crippen molar-refractivity contribution in [2.75, 3.05) is 37.1 Å². The molecule has 0 saturated carbocycles. The molecule has 1 aromatic heterocycles. The molecule has 9 nitrogen and oxygen atoms in total. The van der Waals surface area contributed by atoms with Crippen LogP contribution in [0.2, 0.25) is 0 Å². The maximum absolute atomic E-state index is 12.4. The molecule has 1 amide bonds. The Balaban J connectivity index is 1.78. The molecule has 0 bridgehead atoms. The predicted molar refractivity (Wildman–Crippen MR) is 115 cm³/mol. The number of nitrogens with two attached hydrogens (primary N) is 2. The highest BCUT2D eigenvalue weighted by atomic mass is 19.4. The molecule has 33 heavy (non-hydrogen) atoms. The highest BCUT2D eigenvalue weighted by Gasteiger charge is 2.31. The molecule has 0 aliphatic rings. The summed E-state index contributed by atoms with van der Waals surface area (Å²) in [5.74, 6) is -0.882. The van der Waals surface area contributed by atoms with Crippen LogP contribution in [-0.2, 0) is 4.74 Å². The first-order chi connectivity index (χ1) is 15.7. The van der Waals surface area contributed by atoms with E-state index in [2.05, 4.69) is 20.0 Å². The van der Waals surface area contributed by atoms with Gasteiger partial charge in [0.2, 0.25) is 11.8 Å². The number of amides is 1. The Bertz CT molecular complexity index is 1120. The second-order valence-corrected chi connectivity index (χ2v) is 6.60. The van der Waals surface area contributed by atoms with Crippen LogP contribution in [0.5, 0.6) is 11.6 Å². The third-order valence-electron chi connectivity index (χ3n) is 4.21. The van der Waals surface area contributed by atoms with Crippen molar-refractivity contribution in [1.29, 1.82) is 0 Å². The minimum atomic E-state index is -4.86. The lowest BCUT2D eigenvalue weighted by Gasteiger charge is -2.13. The van der Waals surface area contributed by atoms with Crippen LogP contribution in [0.4, 0.5) is 30.6 Å². The van der Waals surface area contributed by atoms with E-state index in [-0.39, 0.29) is 29.8 Å². The second kappa shape index (κ2) is 10.0. The van der Waals surface area contributed by atoms with Gasteiger partial charge < -0.3 is 31.0 Å². The fraction of sp³-hybridized carbons (Fsp3) is 0.190. The summed E-state index contributed by atoms with van der Waals surface area (Å²) in [6, 6.07) is 11.2. The van der Waals surface area contributed by atoms with Crippen molar-refractivity contribution in [1.82, 2.24) is 9.97 Å². The van der Waals surface area contributed by atoms with Crippen LogP contribution < -0.4 is 26.3 Å². The molecule has 0 aliphatic heterocycles. The van der Waals surface area contributed by atoms with Crippen molar-refractivity contribution in [3.8, 4) is 22.8 Å². The first-order valence-electron chi connectivity index (χ1n) is 9.48. The summed E-state index contributed by atoms with van der Waals surface area (Å²) in [5.41, 5.74) is 13.1. The average molecular weight is 463 g/mol. The van der Waals surface area contributed by atoms with Gasteiger partial charge in [-0.25, -0.2) is 0 Å². The first kappa shape index (κ1) is 23.6. The first-order valence-corrected chi connectivity index (χ1v) is 9.48. The molecular formula is C21H20F3N5O4. The SMILES string of the molecule is COCCOc1nc(N)nc(N)c1-c1ccc(NC(=O)c2cccc(OC(F)(F)F)c2)cc1. The van der Waals surface area contributed by atoms with Crippen LogP contribution in [0, 0.1) is 0 Å². The Hall–Kier alpha value is -4.06. The van der Waals surface area contributed by atoms with Gasteiger partial charge in [0.15, 0.2) is 0 Å². The van der Waals surface area contributed by atoms with Gasteiger partial charge in [0.05, 0.1) is 12.2 Å². The van der Waals surface area contributed by atoms with E-state index in [9.17, 15) is 18.0 Å². The van der Waals surface area contributed by atoms with Gasteiger partial charge in [0, 0.05) is 18.4 Å². The van der Waals surface area contributed by atoms with Gasteiger partial charge in [-0.1, -0.05) is 18.2 Å². The maximum atomic E-state index is 12.4. The lowest BCUT2D eigenvalue weighted by molar-refractivity contribution is -0.274. The van der Waals surface area contributed by atoms with E-state index in [0.29, 0.717) is 23.4 Å². The fourth-order valence-electron chi connectivity index (χ4n) is 2.83. The molecule has 0 fully saturated rings. The average Bonchev–Trinajstić information content (AvgIpc) is 2.73. The zero-order chi connectivity index (χ0) is 24.0. The molecule has 0 atom stereocenters. The topological polar surface area (TPSA) is 135 Å². The Morgan fingerprint density at radius 1 is 1.06 bits per heavy atom. The van der Waals surface area contributed by atoms with Crippen LogP contribution in [0.15, 0.2) is 48.5 Å². The van der Waals surface area contributed by atoms with Crippen molar-refractivity contribution in [2.24, 2.45) is 0 Å². The standard InChI is InChI=1S/C21H20F3N5O4/c1-31-9-10-32-19-16(17(25)28-20(26)29-19)12-5-7-14(8-6-12)27-18(30)13-3-2-4-15(11-13)33-21(22,23)24/h2-8,11H,9-10H2,1H3,(H,27,30)(H4,25,26,28,29). The highest BCUT2D eigenvalue weighted by molar-refractivity contribution is 6.04.